The van der Waals surface area contributed by atoms with Crippen LogP contribution in [0.1, 0.15) is 20.8 Å². The minimum absolute atomic E-state index is 0.00352. The molecule has 7 rings (SSSR count). The summed E-state index contributed by atoms with van der Waals surface area (Å²) in [4.78, 5) is 45.4. The van der Waals surface area contributed by atoms with E-state index in [0.29, 0.717) is 26.3 Å². The smallest absolute Gasteiger partial charge is 0.331 e. The number of morpholine rings is 1. The second kappa shape index (κ2) is 11.4. The number of rotatable bonds is 4. The Balaban J connectivity index is 1.11. The fraction of sp³-hybridized carbons (Fsp3) is 0.118. The number of carbonyl (C=O) groups excluding carboxylic acids is 3. The lowest BCUT2D eigenvalue weighted by Gasteiger charge is -2.26. The quantitative estimate of drug-likeness (QED) is 0.143. The monoisotopic (exact) mass is 586 g/mol. The molecule has 0 radical (unpaired) electrons. The van der Waals surface area contributed by atoms with E-state index < -0.39 is 11.9 Å². The van der Waals surface area contributed by atoms with Crippen molar-refractivity contribution in [3.8, 4) is 0 Å². The van der Waals surface area contributed by atoms with Crippen molar-refractivity contribution in [1.82, 2.24) is 19.9 Å². The van der Waals surface area contributed by atoms with E-state index in [1.165, 1.54) is 33.8 Å². The number of urea groups is 1. The van der Waals surface area contributed by atoms with Gasteiger partial charge in [0.25, 0.3) is 11.8 Å². The number of benzene rings is 5. The zero-order chi connectivity index (χ0) is 29.3. The predicted octanol–water partition coefficient (Wildman–Crippen LogP) is 6.31. The van der Waals surface area contributed by atoms with E-state index in [9.17, 15) is 14.4 Å². The first kappa shape index (κ1) is 26.9. The molecular formula is C34H26N4O4S. The summed E-state index contributed by atoms with van der Waals surface area (Å²) in [6.07, 6.45) is 1.45. The Morgan fingerprint density at radius 3 is 2.16 bits per heavy atom. The molecule has 1 aliphatic heterocycles. The van der Waals surface area contributed by atoms with Crippen molar-refractivity contribution < 1.29 is 19.1 Å². The molecule has 0 aliphatic carbocycles. The summed E-state index contributed by atoms with van der Waals surface area (Å²) < 4.78 is 8.02. The third kappa shape index (κ3) is 5.24. The number of imide groups is 1. The molecule has 1 aliphatic rings. The van der Waals surface area contributed by atoms with Crippen LogP contribution in [0, 0.1) is 0 Å². The lowest BCUT2D eigenvalue weighted by atomic mass is 9.96. The van der Waals surface area contributed by atoms with E-state index in [2.05, 4.69) is 81.8 Å². The highest BCUT2D eigenvalue weighted by Crippen LogP contribution is 2.35. The molecule has 8 nitrogen and oxygen atoms in total. The second-order valence-electron chi connectivity index (χ2n) is 10.3. The maximum absolute atomic E-state index is 13.0. The van der Waals surface area contributed by atoms with Crippen LogP contribution in [-0.4, -0.2) is 54.0 Å². The van der Waals surface area contributed by atoms with Crippen LogP contribution in [0.2, 0.25) is 0 Å². The summed E-state index contributed by atoms with van der Waals surface area (Å²) in [5.74, 6) is -1.07. The summed E-state index contributed by atoms with van der Waals surface area (Å²) in [5, 5.41) is 11.4. The first-order chi connectivity index (χ1) is 21.0. The SMILES string of the molecule is O=C(NSc1cccc2cc3c(ccc4cc5ccccc5cc43)cc12)NC(=O)c1cccnc1C(=O)N1CCOCC1. The third-order valence-electron chi connectivity index (χ3n) is 7.69. The van der Waals surface area contributed by atoms with Gasteiger partial charge in [-0.05, 0) is 97.5 Å². The Labute approximate surface area is 251 Å². The summed E-state index contributed by atoms with van der Waals surface area (Å²) in [6.45, 7) is 1.69. The van der Waals surface area contributed by atoms with Crippen molar-refractivity contribution in [2.24, 2.45) is 0 Å². The normalized spacial score (nSPS) is 13.4. The minimum atomic E-state index is -0.703. The van der Waals surface area contributed by atoms with Gasteiger partial charge in [0.15, 0.2) is 0 Å². The first-order valence-electron chi connectivity index (χ1n) is 13.9. The zero-order valence-electron chi connectivity index (χ0n) is 23.0. The Kier molecular flexibility index (Phi) is 7.10. The van der Waals surface area contributed by atoms with Gasteiger partial charge >= 0.3 is 6.03 Å². The van der Waals surface area contributed by atoms with Crippen LogP contribution in [0.3, 0.4) is 0 Å². The highest BCUT2D eigenvalue weighted by Gasteiger charge is 2.25. The number of ether oxygens (including phenoxy) is 1. The maximum atomic E-state index is 13.0. The fourth-order valence-electron chi connectivity index (χ4n) is 5.55. The number of hydrogen-bond donors (Lipinski definition) is 2. The number of nitrogens with one attached hydrogen (secondary N) is 2. The highest BCUT2D eigenvalue weighted by atomic mass is 32.2. The lowest BCUT2D eigenvalue weighted by Crippen LogP contribution is -2.42. The third-order valence-corrected chi connectivity index (χ3v) is 8.56. The van der Waals surface area contributed by atoms with Crippen molar-refractivity contribution in [1.29, 1.82) is 0 Å². The van der Waals surface area contributed by atoms with E-state index in [0.717, 1.165) is 38.4 Å². The Hall–Kier alpha value is -4.99. The van der Waals surface area contributed by atoms with Crippen LogP contribution in [-0.2, 0) is 4.74 Å². The molecule has 4 amide bonds. The number of amides is 4. The van der Waals surface area contributed by atoms with Crippen molar-refractivity contribution in [2.45, 2.75) is 4.90 Å². The van der Waals surface area contributed by atoms with Gasteiger partial charge in [0.1, 0.15) is 5.69 Å². The molecule has 2 N–H and O–H groups in total. The Morgan fingerprint density at radius 2 is 1.37 bits per heavy atom. The van der Waals surface area contributed by atoms with Crippen LogP contribution in [0.25, 0.3) is 43.1 Å². The van der Waals surface area contributed by atoms with Gasteiger partial charge in [-0.15, -0.1) is 0 Å². The summed E-state index contributed by atoms with van der Waals surface area (Å²) >= 11 is 1.12. The number of carbonyl (C=O) groups is 3. The van der Waals surface area contributed by atoms with Crippen LogP contribution < -0.4 is 10.0 Å². The molecule has 2 heterocycles. The van der Waals surface area contributed by atoms with Crippen molar-refractivity contribution in [2.75, 3.05) is 26.3 Å². The maximum Gasteiger partial charge on any atom is 0.331 e. The van der Waals surface area contributed by atoms with Gasteiger partial charge in [0.2, 0.25) is 0 Å². The largest absolute Gasteiger partial charge is 0.378 e. The highest BCUT2D eigenvalue weighted by molar-refractivity contribution is 7.98. The van der Waals surface area contributed by atoms with Gasteiger partial charge in [0.05, 0.1) is 18.8 Å². The predicted molar refractivity (Wildman–Crippen MR) is 169 cm³/mol. The van der Waals surface area contributed by atoms with Crippen LogP contribution in [0.4, 0.5) is 4.79 Å². The number of nitrogens with zero attached hydrogens (tertiary/aromatic N) is 2. The molecule has 1 fully saturated rings. The van der Waals surface area contributed by atoms with Gasteiger partial charge < -0.3 is 9.64 Å². The average molecular weight is 587 g/mol. The Bertz CT molecular complexity index is 2070. The molecule has 0 spiro atoms. The molecule has 43 heavy (non-hydrogen) atoms. The minimum Gasteiger partial charge on any atom is -0.378 e. The molecule has 0 bridgehead atoms. The number of hydrogen-bond acceptors (Lipinski definition) is 6. The first-order valence-corrected chi connectivity index (χ1v) is 14.7. The fourth-order valence-corrected chi connectivity index (χ4v) is 6.24. The van der Waals surface area contributed by atoms with Crippen LogP contribution in [0.5, 0.6) is 0 Å². The molecular weight excluding hydrogens is 560 g/mol. The summed E-state index contributed by atoms with van der Waals surface area (Å²) in [5.41, 5.74) is 0.0413. The molecule has 9 heteroatoms. The molecule has 0 atom stereocenters. The van der Waals surface area contributed by atoms with Gasteiger partial charge in [0, 0.05) is 24.2 Å². The topological polar surface area (TPSA) is 101 Å². The van der Waals surface area contributed by atoms with E-state index in [4.69, 9.17) is 4.74 Å². The van der Waals surface area contributed by atoms with E-state index in [-0.39, 0.29) is 17.2 Å². The molecule has 1 saturated heterocycles. The number of pyridine rings is 1. The van der Waals surface area contributed by atoms with Gasteiger partial charge in [-0.1, -0.05) is 48.5 Å². The van der Waals surface area contributed by atoms with Gasteiger partial charge in [-0.25, -0.2) is 4.79 Å². The molecule has 0 saturated carbocycles. The summed E-state index contributed by atoms with van der Waals surface area (Å²) in [6, 6.07) is 29.7. The van der Waals surface area contributed by atoms with Crippen molar-refractivity contribution in [3.05, 3.63) is 108 Å². The van der Waals surface area contributed by atoms with E-state index in [1.54, 1.807) is 11.0 Å². The van der Waals surface area contributed by atoms with E-state index >= 15 is 0 Å². The molecule has 212 valence electrons. The second-order valence-corrected chi connectivity index (χ2v) is 11.2. The zero-order valence-corrected chi connectivity index (χ0v) is 23.8. The standard InChI is InChI=1S/C34H26N4O4S/c39-32(26-8-4-12-35-31(26)33(40)38-13-15-42-16-14-38)36-34(41)37-43-30-9-3-7-23-19-28-25(20-29(23)30)11-10-24-17-21-5-1-2-6-22(21)18-27(24)28/h1-12,17-20H,13-16H2,(H2,36,37,39,41). The van der Waals surface area contributed by atoms with Gasteiger partial charge in [-0.3, -0.25) is 24.6 Å². The molecule has 0 unspecified atom stereocenters. The van der Waals surface area contributed by atoms with Crippen molar-refractivity contribution in [3.63, 3.8) is 0 Å². The molecule has 5 aromatic carbocycles. The Morgan fingerprint density at radius 1 is 0.721 bits per heavy atom. The molecule has 1 aromatic heterocycles. The van der Waals surface area contributed by atoms with Crippen LogP contribution >= 0.6 is 11.9 Å². The number of fused-ring (bicyclic) bond motifs is 5. The number of aromatic nitrogens is 1. The molecule has 6 aromatic rings. The van der Waals surface area contributed by atoms with Crippen LogP contribution in [0.15, 0.2) is 102 Å². The van der Waals surface area contributed by atoms with Gasteiger partial charge in [-0.2, -0.15) is 0 Å². The summed E-state index contributed by atoms with van der Waals surface area (Å²) in [7, 11) is 0. The lowest BCUT2D eigenvalue weighted by molar-refractivity contribution is 0.0297. The van der Waals surface area contributed by atoms with E-state index in [1.807, 2.05) is 12.1 Å². The van der Waals surface area contributed by atoms with Crippen molar-refractivity contribution >= 4 is 72.9 Å². The average Bonchev–Trinajstić information content (AvgIpc) is 3.05.